The van der Waals surface area contributed by atoms with E-state index >= 15 is 0 Å². The molecule has 1 aromatic heterocycles. The smallest absolute Gasteiger partial charge is 0.224 e. The Balaban J connectivity index is 1.85. The van der Waals surface area contributed by atoms with Gasteiger partial charge in [0, 0.05) is 39.8 Å². The van der Waals surface area contributed by atoms with Crippen LogP contribution in [0.2, 0.25) is 25.7 Å². The molecule has 1 aromatic rings. The number of pyridine rings is 1. The predicted molar refractivity (Wildman–Crippen MR) is 91.3 cm³/mol. The second kappa shape index (κ2) is 7.24. The molecule has 1 atom stereocenters. The summed E-state index contributed by atoms with van der Waals surface area (Å²) in [5.74, 6) is 1.04. The van der Waals surface area contributed by atoms with Crippen molar-refractivity contribution < 1.29 is 9.53 Å². The van der Waals surface area contributed by atoms with Crippen LogP contribution in [0.5, 0.6) is 0 Å². The maximum absolute atomic E-state index is 12.0. The minimum absolute atomic E-state index is 0.188. The van der Waals surface area contributed by atoms with Crippen LogP contribution in [0.4, 0.5) is 5.82 Å². The number of carbonyl (C=O) groups is 1. The van der Waals surface area contributed by atoms with Crippen LogP contribution >= 0.6 is 0 Å². The fourth-order valence-electron chi connectivity index (χ4n) is 2.52. The summed E-state index contributed by atoms with van der Waals surface area (Å²) in [5, 5.41) is 0. The van der Waals surface area contributed by atoms with Crippen molar-refractivity contribution in [2.24, 2.45) is 0 Å². The quantitative estimate of drug-likeness (QED) is 0.646. The molecule has 22 heavy (non-hydrogen) atoms. The second-order valence-electron chi connectivity index (χ2n) is 7.22. The van der Waals surface area contributed by atoms with Crippen molar-refractivity contribution in [2.75, 3.05) is 25.6 Å². The third-order valence-corrected chi connectivity index (χ3v) is 5.73. The molecule has 1 amide bonds. The van der Waals surface area contributed by atoms with E-state index in [4.69, 9.17) is 10.5 Å². The van der Waals surface area contributed by atoms with Crippen LogP contribution in [-0.2, 0) is 9.53 Å². The summed E-state index contributed by atoms with van der Waals surface area (Å²) in [6.45, 7) is 8.83. The van der Waals surface area contributed by atoms with Crippen LogP contribution in [0.3, 0.4) is 0 Å². The van der Waals surface area contributed by atoms with Gasteiger partial charge in [-0.25, -0.2) is 4.98 Å². The molecule has 0 spiro atoms. The van der Waals surface area contributed by atoms with Gasteiger partial charge >= 0.3 is 0 Å². The first-order valence-electron chi connectivity index (χ1n) is 7.92. The van der Waals surface area contributed by atoms with Gasteiger partial charge in [0.2, 0.25) is 5.91 Å². The minimum atomic E-state index is -1.08. The van der Waals surface area contributed by atoms with Crippen molar-refractivity contribution in [3.63, 3.8) is 0 Å². The molecule has 0 unspecified atom stereocenters. The van der Waals surface area contributed by atoms with Crippen molar-refractivity contribution in [2.45, 2.75) is 44.4 Å². The van der Waals surface area contributed by atoms with Crippen LogP contribution in [-0.4, -0.2) is 43.7 Å². The van der Waals surface area contributed by atoms with Crippen LogP contribution in [0.1, 0.15) is 24.3 Å². The number of rotatable bonds is 6. The van der Waals surface area contributed by atoms with Gasteiger partial charge in [-0.2, -0.15) is 0 Å². The molecule has 122 valence electrons. The zero-order chi connectivity index (χ0) is 16.2. The van der Waals surface area contributed by atoms with Crippen molar-refractivity contribution in [1.82, 2.24) is 9.88 Å². The monoisotopic (exact) mass is 321 g/mol. The molecule has 1 fully saturated rings. The summed E-state index contributed by atoms with van der Waals surface area (Å²) in [5.41, 5.74) is 6.78. The Morgan fingerprint density at radius 3 is 2.82 bits per heavy atom. The summed E-state index contributed by atoms with van der Waals surface area (Å²) < 4.78 is 5.73. The van der Waals surface area contributed by atoms with Gasteiger partial charge in [-0.3, -0.25) is 4.79 Å². The lowest BCUT2D eigenvalue weighted by molar-refractivity contribution is -0.139. The molecule has 1 aliphatic rings. The first kappa shape index (κ1) is 17.0. The first-order chi connectivity index (χ1) is 10.3. The molecule has 6 heteroatoms. The van der Waals surface area contributed by atoms with Gasteiger partial charge in [-0.05, 0) is 24.1 Å². The van der Waals surface area contributed by atoms with E-state index in [0.717, 1.165) is 24.6 Å². The SMILES string of the molecule is C[Si](C)(C)CCOCN1C[C@H](c2ccc(N)nc2)CCC1=O. The summed E-state index contributed by atoms with van der Waals surface area (Å²) >= 11 is 0. The summed E-state index contributed by atoms with van der Waals surface area (Å²) in [7, 11) is -1.08. The number of nitrogens with zero attached hydrogens (tertiary/aromatic N) is 2. The van der Waals surface area contributed by atoms with Gasteiger partial charge in [0.05, 0.1) is 0 Å². The Morgan fingerprint density at radius 2 is 2.18 bits per heavy atom. The molecule has 2 N–H and O–H groups in total. The number of anilines is 1. The van der Waals surface area contributed by atoms with Crippen LogP contribution in [0.25, 0.3) is 0 Å². The Bertz CT molecular complexity index is 499. The van der Waals surface area contributed by atoms with Gasteiger partial charge < -0.3 is 15.4 Å². The Hall–Kier alpha value is -1.40. The lowest BCUT2D eigenvalue weighted by atomic mass is 9.91. The standard InChI is InChI=1S/C16H27N3O2Si/c1-22(2,3)9-8-21-12-19-11-14(5-7-16(19)20)13-4-6-15(17)18-10-13/h4,6,10,14H,5,7-9,11-12H2,1-3H3,(H2,17,18)/t14-/m1/s1. The highest BCUT2D eigenvalue weighted by molar-refractivity contribution is 6.76. The number of nitrogens with two attached hydrogens (primary N) is 1. The molecular formula is C16H27N3O2Si. The molecule has 0 aliphatic carbocycles. The number of hydrogen-bond donors (Lipinski definition) is 1. The van der Waals surface area contributed by atoms with E-state index in [1.165, 1.54) is 0 Å². The van der Waals surface area contributed by atoms with E-state index < -0.39 is 8.07 Å². The van der Waals surface area contributed by atoms with Gasteiger partial charge in [-0.15, -0.1) is 0 Å². The maximum atomic E-state index is 12.0. The van der Waals surface area contributed by atoms with E-state index in [1.807, 2.05) is 23.2 Å². The molecular weight excluding hydrogens is 294 g/mol. The largest absolute Gasteiger partial charge is 0.384 e. The number of amides is 1. The maximum Gasteiger partial charge on any atom is 0.224 e. The molecule has 1 saturated heterocycles. The third kappa shape index (κ3) is 5.10. The average Bonchev–Trinajstić information content (AvgIpc) is 2.45. The zero-order valence-electron chi connectivity index (χ0n) is 13.8. The highest BCUT2D eigenvalue weighted by atomic mass is 28.3. The number of carbonyl (C=O) groups excluding carboxylic acids is 1. The Labute approximate surface area is 133 Å². The topological polar surface area (TPSA) is 68.5 Å². The Kier molecular flexibility index (Phi) is 5.58. The van der Waals surface area contributed by atoms with Crippen molar-refractivity contribution in [3.8, 4) is 0 Å². The molecule has 1 aliphatic heterocycles. The van der Waals surface area contributed by atoms with E-state index in [2.05, 4.69) is 24.6 Å². The van der Waals surface area contributed by atoms with E-state index in [9.17, 15) is 4.79 Å². The van der Waals surface area contributed by atoms with E-state index in [1.54, 1.807) is 0 Å². The van der Waals surface area contributed by atoms with Crippen molar-refractivity contribution >= 4 is 19.8 Å². The summed E-state index contributed by atoms with van der Waals surface area (Å²) in [4.78, 5) is 18.0. The van der Waals surface area contributed by atoms with Crippen LogP contribution in [0.15, 0.2) is 18.3 Å². The molecule has 0 saturated carbocycles. The molecule has 0 aromatic carbocycles. The molecule has 2 heterocycles. The number of piperidine rings is 1. The predicted octanol–water partition coefficient (Wildman–Crippen LogP) is 2.68. The minimum Gasteiger partial charge on any atom is -0.384 e. The molecule has 0 radical (unpaired) electrons. The highest BCUT2D eigenvalue weighted by Gasteiger charge is 2.27. The number of nitrogen functional groups attached to an aromatic ring is 1. The fraction of sp³-hybridized carbons (Fsp3) is 0.625. The summed E-state index contributed by atoms with van der Waals surface area (Å²) in [6.07, 6.45) is 3.27. The lowest BCUT2D eigenvalue weighted by Gasteiger charge is -2.32. The molecule has 0 bridgehead atoms. The van der Waals surface area contributed by atoms with Gasteiger partial charge in [0.1, 0.15) is 12.5 Å². The van der Waals surface area contributed by atoms with Crippen molar-refractivity contribution in [3.05, 3.63) is 23.9 Å². The second-order valence-corrected chi connectivity index (χ2v) is 12.8. The number of hydrogen-bond acceptors (Lipinski definition) is 4. The van der Waals surface area contributed by atoms with Crippen LogP contribution < -0.4 is 5.73 Å². The van der Waals surface area contributed by atoms with Gasteiger partial charge in [0.15, 0.2) is 0 Å². The molecule has 2 rings (SSSR count). The zero-order valence-corrected chi connectivity index (χ0v) is 14.8. The van der Waals surface area contributed by atoms with E-state index in [0.29, 0.717) is 31.4 Å². The van der Waals surface area contributed by atoms with Gasteiger partial charge in [0.25, 0.3) is 0 Å². The Morgan fingerprint density at radius 1 is 1.41 bits per heavy atom. The van der Waals surface area contributed by atoms with E-state index in [-0.39, 0.29) is 5.91 Å². The first-order valence-corrected chi connectivity index (χ1v) is 11.6. The normalized spacial score (nSPS) is 19.5. The lowest BCUT2D eigenvalue weighted by Crippen LogP contribution is -2.40. The van der Waals surface area contributed by atoms with Crippen LogP contribution in [0, 0.1) is 0 Å². The fourth-order valence-corrected chi connectivity index (χ4v) is 3.28. The van der Waals surface area contributed by atoms with Gasteiger partial charge in [-0.1, -0.05) is 25.7 Å². The molecule has 5 nitrogen and oxygen atoms in total. The van der Waals surface area contributed by atoms with Crippen molar-refractivity contribution in [1.29, 1.82) is 0 Å². The number of ether oxygens (including phenoxy) is 1. The third-order valence-electron chi connectivity index (χ3n) is 4.02. The highest BCUT2D eigenvalue weighted by Crippen LogP contribution is 2.27. The number of likely N-dealkylation sites (tertiary alicyclic amines) is 1. The number of aromatic nitrogens is 1. The summed E-state index contributed by atoms with van der Waals surface area (Å²) in [6, 6.07) is 4.95. The average molecular weight is 321 g/mol.